The summed E-state index contributed by atoms with van der Waals surface area (Å²) in [4.78, 5) is 19.6. The van der Waals surface area contributed by atoms with Crippen molar-refractivity contribution in [3.05, 3.63) is 53.6 Å². The Kier molecular flexibility index (Phi) is 6.35. The molecule has 1 fully saturated rings. The SMILES string of the molecule is Cc1ccc2nc(N(CC3CCCO3)C(=O)COc3ccc(C(C)C)cc3)sc2c1. The molecule has 30 heavy (non-hydrogen) atoms. The molecule has 1 aliphatic heterocycles. The first-order valence-electron chi connectivity index (χ1n) is 10.5. The smallest absolute Gasteiger partial charge is 0.266 e. The van der Waals surface area contributed by atoms with Crippen LogP contribution in [0.2, 0.25) is 0 Å². The summed E-state index contributed by atoms with van der Waals surface area (Å²) in [5, 5.41) is 0.704. The summed E-state index contributed by atoms with van der Waals surface area (Å²) in [7, 11) is 0. The van der Waals surface area contributed by atoms with Gasteiger partial charge in [-0.05, 0) is 61.1 Å². The number of aryl methyl sites for hydroxylation is 1. The third-order valence-corrected chi connectivity index (χ3v) is 6.43. The number of nitrogens with zero attached hydrogens (tertiary/aromatic N) is 2. The highest BCUT2D eigenvalue weighted by molar-refractivity contribution is 7.22. The van der Waals surface area contributed by atoms with Gasteiger partial charge in [-0.3, -0.25) is 9.69 Å². The van der Waals surface area contributed by atoms with Crippen LogP contribution < -0.4 is 9.64 Å². The molecular weight excluding hydrogens is 396 g/mol. The summed E-state index contributed by atoms with van der Waals surface area (Å²) in [5.74, 6) is 1.06. The molecule has 1 aliphatic rings. The molecule has 6 heteroatoms. The quantitative estimate of drug-likeness (QED) is 0.515. The molecule has 1 atom stereocenters. The number of hydrogen-bond donors (Lipinski definition) is 0. The van der Waals surface area contributed by atoms with Crippen molar-refractivity contribution in [2.75, 3.05) is 24.7 Å². The van der Waals surface area contributed by atoms with Gasteiger partial charge in [-0.25, -0.2) is 4.98 Å². The molecule has 1 saturated heterocycles. The lowest BCUT2D eigenvalue weighted by Crippen LogP contribution is -2.40. The molecule has 3 aromatic rings. The minimum atomic E-state index is -0.103. The monoisotopic (exact) mass is 424 g/mol. The van der Waals surface area contributed by atoms with E-state index in [9.17, 15) is 4.79 Å². The summed E-state index contributed by atoms with van der Waals surface area (Å²) < 4.78 is 12.7. The van der Waals surface area contributed by atoms with E-state index in [1.54, 1.807) is 16.2 Å². The fourth-order valence-electron chi connectivity index (χ4n) is 3.59. The zero-order valence-corrected chi connectivity index (χ0v) is 18.6. The van der Waals surface area contributed by atoms with Crippen molar-refractivity contribution >= 4 is 32.6 Å². The Bertz CT molecular complexity index is 1010. The van der Waals surface area contributed by atoms with Crippen molar-refractivity contribution in [1.82, 2.24) is 4.98 Å². The van der Waals surface area contributed by atoms with Gasteiger partial charge in [-0.2, -0.15) is 0 Å². The number of hydrogen-bond acceptors (Lipinski definition) is 5. The average molecular weight is 425 g/mol. The van der Waals surface area contributed by atoms with Crippen LogP contribution in [0.1, 0.15) is 43.7 Å². The van der Waals surface area contributed by atoms with Gasteiger partial charge in [0.05, 0.1) is 22.9 Å². The van der Waals surface area contributed by atoms with Gasteiger partial charge in [0.25, 0.3) is 5.91 Å². The van der Waals surface area contributed by atoms with E-state index in [1.165, 1.54) is 11.1 Å². The van der Waals surface area contributed by atoms with Gasteiger partial charge in [0.15, 0.2) is 11.7 Å². The molecule has 0 N–H and O–H groups in total. The fraction of sp³-hybridized carbons (Fsp3) is 0.417. The lowest BCUT2D eigenvalue weighted by Gasteiger charge is -2.23. The highest BCUT2D eigenvalue weighted by Gasteiger charge is 2.26. The summed E-state index contributed by atoms with van der Waals surface area (Å²) in [6.45, 7) is 7.61. The molecule has 158 valence electrons. The Morgan fingerprint density at radius 1 is 1.27 bits per heavy atom. The molecule has 2 heterocycles. The number of anilines is 1. The summed E-state index contributed by atoms with van der Waals surface area (Å²) in [6, 6.07) is 14.1. The van der Waals surface area contributed by atoms with E-state index in [1.807, 2.05) is 36.4 Å². The van der Waals surface area contributed by atoms with E-state index in [0.29, 0.717) is 23.3 Å². The van der Waals surface area contributed by atoms with Gasteiger partial charge in [0.1, 0.15) is 5.75 Å². The summed E-state index contributed by atoms with van der Waals surface area (Å²) in [5.41, 5.74) is 3.34. The fourth-order valence-corrected chi connectivity index (χ4v) is 4.68. The molecule has 0 aliphatic carbocycles. The Labute approximate surface area is 181 Å². The number of carbonyl (C=O) groups excluding carboxylic acids is 1. The number of benzene rings is 2. The number of ether oxygens (including phenoxy) is 2. The second-order valence-corrected chi connectivity index (χ2v) is 9.13. The van der Waals surface area contributed by atoms with Crippen LogP contribution in [-0.4, -0.2) is 36.8 Å². The number of rotatable bonds is 7. The maximum absolute atomic E-state index is 13.1. The normalized spacial score (nSPS) is 16.3. The third kappa shape index (κ3) is 4.82. The molecule has 0 radical (unpaired) electrons. The average Bonchev–Trinajstić information content (AvgIpc) is 3.39. The van der Waals surface area contributed by atoms with Crippen molar-refractivity contribution in [3.63, 3.8) is 0 Å². The predicted molar refractivity (Wildman–Crippen MR) is 122 cm³/mol. The van der Waals surface area contributed by atoms with Crippen LogP contribution in [0.25, 0.3) is 10.2 Å². The Morgan fingerprint density at radius 3 is 2.77 bits per heavy atom. The molecule has 1 amide bonds. The van der Waals surface area contributed by atoms with E-state index in [0.717, 1.165) is 29.7 Å². The Morgan fingerprint density at radius 2 is 2.07 bits per heavy atom. The van der Waals surface area contributed by atoms with Crippen molar-refractivity contribution < 1.29 is 14.3 Å². The van der Waals surface area contributed by atoms with Crippen molar-refractivity contribution in [1.29, 1.82) is 0 Å². The Balaban J connectivity index is 1.51. The molecule has 2 aromatic carbocycles. The van der Waals surface area contributed by atoms with Crippen LogP contribution >= 0.6 is 11.3 Å². The van der Waals surface area contributed by atoms with E-state index in [-0.39, 0.29) is 18.6 Å². The highest BCUT2D eigenvalue weighted by atomic mass is 32.1. The largest absolute Gasteiger partial charge is 0.484 e. The van der Waals surface area contributed by atoms with Gasteiger partial charge in [-0.15, -0.1) is 0 Å². The summed E-state index contributed by atoms with van der Waals surface area (Å²) >= 11 is 1.54. The second kappa shape index (κ2) is 9.14. The number of thiazole rings is 1. The van der Waals surface area contributed by atoms with Crippen LogP contribution in [0.5, 0.6) is 5.75 Å². The van der Waals surface area contributed by atoms with E-state index >= 15 is 0 Å². The van der Waals surface area contributed by atoms with Gasteiger partial charge >= 0.3 is 0 Å². The Hall–Kier alpha value is -2.44. The topological polar surface area (TPSA) is 51.7 Å². The van der Waals surface area contributed by atoms with Crippen LogP contribution in [0.3, 0.4) is 0 Å². The first-order chi connectivity index (χ1) is 14.5. The molecule has 4 rings (SSSR count). The minimum Gasteiger partial charge on any atom is -0.484 e. The molecule has 0 spiro atoms. The second-order valence-electron chi connectivity index (χ2n) is 8.12. The lowest BCUT2D eigenvalue weighted by molar-refractivity contribution is -0.120. The molecule has 1 aromatic heterocycles. The van der Waals surface area contributed by atoms with Crippen molar-refractivity contribution in [2.45, 2.75) is 45.6 Å². The molecule has 0 bridgehead atoms. The van der Waals surface area contributed by atoms with Crippen LogP contribution in [0.4, 0.5) is 5.13 Å². The van der Waals surface area contributed by atoms with Gasteiger partial charge in [0, 0.05) is 6.61 Å². The first-order valence-corrected chi connectivity index (χ1v) is 11.3. The minimum absolute atomic E-state index is 0.0251. The lowest BCUT2D eigenvalue weighted by atomic mass is 10.0. The summed E-state index contributed by atoms with van der Waals surface area (Å²) in [6.07, 6.45) is 2.04. The van der Waals surface area contributed by atoms with E-state index < -0.39 is 0 Å². The zero-order chi connectivity index (χ0) is 21.1. The van der Waals surface area contributed by atoms with E-state index in [4.69, 9.17) is 14.5 Å². The number of aromatic nitrogens is 1. The van der Waals surface area contributed by atoms with Crippen LogP contribution in [0, 0.1) is 6.92 Å². The number of amides is 1. The van der Waals surface area contributed by atoms with E-state index in [2.05, 4.69) is 26.8 Å². The molecule has 0 saturated carbocycles. The van der Waals surface area contributed by atoms with Gasteiger partial charge < -0.3 is 9.47 Å². The third-order valence-electron chi connectivity index (χ3n) is 5.38. The van der Waals surface area contributed by atoms with Crippen LogP contribution in [-0.2, 0) is 9.53 Å². The van der Waals surface area contributed by atoms with Gasteiger partial charge in [-0.1, -0.05) is 43.4 Å². The first kappa shape index (κ1) is 20.8. The zero-order valence-electron chi connectivity index (χ0n) is 17.8. The standard InChI is InChI=1S/C24H28N2O3S/c1-16(2)18-7-9-19(10-8-18)29-15-23(27)26(14-20-5-4-12-28-20)24-25-21-11-6-17(3)13-22(21)30-24/h6-11,13,16,20H,4-5,12,14-15H2,1-3H3. The van der Waals surface area contributed by atoms with Crippen molar-refractivity contribution in [2.24, 2.45) is 0 Å². The van der Waals surface area contributed by atoms with Crippen LogP contribution in [0.15, 0.2) is 42.5 Å². The molecule has 1 unspecified atom stereocenters. The predicted octanol–water partition coefficient (Wildman–Crippen LogP) is 5.32. The number of carbonyl (C=O) groups is 1. The number of fused-ring (bicyclic) bond motifs is 1. The highest BCUT2D eigenvalue weighted by Crippen LogP contribution is 2.31. The molecule has 5 nitrogen and oxygen atoms in total. The maximum atomic E-state index is 13.1. The maximum Gasteiger partial charge on any atom is 0.266 e. The van der Waals surface area contributed by atoms with Gasteiger partial charge in [0.2, 0.25) is 0 Å². The molecular formula is C24H28N2O3S. The van der Waals surface area contributed by atoms with Crippen molar-refractivity contribution in [3.8, 4) is 5.75 Å².